The van der Waals surface area contributed by atoms with E-state index in [1.807, 2.05) is 54.9 Å². The Labute approximate surface area is 192 Å². The number of carbonyl (C=O) groups is 2. The molecule has 0 fully saturated rings. The minimum Gasteiger partial charge on any atom is -0.485 e. The molecule has 2 heterocycles. The lowest BCUT2D eigenvalue weighted by atomic mass is 10.0. The van der Waals surface area contributed by atoms with E-state index in [1.54, 1.807) is 25.1 Å². The first-order chi connectivity index (χ1) is 16.0. The first-order valence-corrected chi connectivity index (χ1v) is 10.9. The molecule has 4 rings (SSSR count). The molecule has 0 saturated carbocycles. The van der Waals surface area contributed by atoms with E-state index in [9.17, 15) is 9.59 Å². The normalized spacial score (nSPS) is 15.5. The van der Waals surface area contributed by atoms with Gasteiger partial charge in [-0.1, -0.05) is 42.5 Å². The van der Waals surface area contributed by atoms with Crippen molar-refractivity contribution in [2.75, 3.05) is 13.2 Å². The van der Waals surface area contributed by atoms with Crippen LogP contribution in [0.1, 0.15) is 35.5 Å². The van der Waals surface area contributed by atoms with Gasteiger partial charge >= 0.3 is 5.97 Å². The average Bonchev–Trinajstić information content (AvgIpc) is 3.10. The van der Waals surface area contributed by atoms with Crippen LogP contribution in [-0.4, -0.2) is 41.0 Å². The number of amides is 1. The standard InChI is InChI=1S/C25H27N3O5/c1-4-31-25(30)23(26-24(29)21-15-32-19-12-8-9-13-20(19)33-21)22-16(2)27-28(17(22)3)14-18-10-6-5-7-11-18/h5-13,21,23H,4,14-15H2,1-3H3,(H,26,29)/t21-,23+/m1/s1. The largest absolute Gasteiger partial charge is 0.485 e. The first-order valence-electron chi connectivity index (χ1n) is 10.9. The molecule has 3 aromatic rings. The van der Waals surface area contributed by atoms with E-state index in [0.29, 0.717) is 29.3 Å². The van der Waals surface area contributed by atoms with Crippen molar-refractivity contribution in [2.45, 2.75) is 39.5 Å². The predicted octanol–water partition coefficient (Wildman–Crippen LogP) is 3.11. The molecule has 1 aliphatic rings. The number of nitrogens with one attached hydrogen (secondary N) is 1. The smallest absolute Gasteiger partial charge is 0.333 e. The number of hydrogen-bond donors (Lipinski definition) is 1. The Morgan fingerprint density at radius 1 is 1.12 bits per heavy atom. The Kier molecular flexibility index (Phi) is 6.63. The predicted molar refractivity (Wildman–Crippen MR) is 121 cm³/mol. The summed E-state index contributed by atoms with van der Waals surface area (Å²) >= 11 is 0. The van der Waals surface area contributed by atoms with Crippen LogP contribution in [0.25, 0.3) is 0 Å². The number of para-hydroxylation sites is 2. The maximum Gasteiger partial charge on any atom is 0.333 e. The second-order valence-corrected chi connectivity index (χ2v) is 7.79. The zero-order chi connectivity index (χ0) is 23.4. The zero-order valence-corrected chi connectivity index (χ0v) is 18.9. The first kappa shape index (κ1) is 22.4. The molecule has 0 saturated heterocycles. The molecule has 8 heteroatoms. The van der Waals surface area contributed by atoms with Gasteiger partial charge in [-0.3, -0.25) is 9.48 Å². The molecule has 1 amide bonds. The number of carbonyl (C=O) groups excluding carboxylic acids is 2. The van der Waals surface area contributed by atoms with Gasteiger partial charge in [0.15, 0.2) is 17.5 Å². The lowest BCUT2D eigenvalue weighted by Crippen LogP contribution is -2.47. The molecule has 1 N–H and O–H groups in total. The van der Waals surface area contributed by atoms with E-state index in [0.717, 1.165) is 11.3 Å². The summed E-state index contributed by atoms with van der Waals surface area (Å²) in [6.07, 6.45) is -0.892. The molecular weight excluding hydrogens is 422 g/mol. The Morgan fingerprint density at radius 3 is 2.55 bits per heavy atom. The molecule has 172 valence electrons. The van der Waals surface area contributed by atoms with E-state index in [2.05, 4.69) is 10.4 Å². The van der Waals surface area contributed by atoms with Crippen molar-refractivity contribution in [3.05, 3.63) is 77.1 Å². The molecule has 2 atom stereocenters. The van der Waals surface area contributed by atoms with Gasteiger partial charge in [-0.05, 0) is 38.5 Å². The van der Waals surface area contributed by atoms with Crippen molar-refractivity contribution in [1.82, 2.24) is 15.1 Å². The van der Waals surface area contributed by atoms with Gasteiger partial charge in [0.1, 0.15) is 6.61 Å². The third-order valence-electron chi connectivity index (χ3n) is 5.51. The highest BCUT2D eigenvalue weighted by molar-refractivity contribution is 5.88. The van der Waals surface area contributed by atoms with Gasteiger partial charge in [-0.15, -0.1) is 0 Å². The van der Waals surface area contributed by atoms with Crippen molar-refractivity contribution < 1.29 is 23.8 Å². The molecule has 2 aromatic carbocycles. The molecule has 0 spiro atoms. The van der Waals surface area contributed by atoms with Gasteiger partial charge in [0.25, 0.3) is 5.91 Å². The molecular formula is C25H27N3O5. The fourth-order valence-corrected chi connectivity index (χ4v) is 3.90. The minimum atomic E-state index is -1.01. The molecule has 1 aromatic heterocycles. The fourth-order valence-electron chi connectivity index (χ4n) is 3.90. The Morgan fingerprint density at radius 2 is 1.82 bits per heavy atom. The Balaban J connectivity index is 1.58. The second-order valence-electron chi connectivity index (χ2n) is 7.79. The van der Waals surface area contributed by atoms with Crippen LogP contribution < -0.4 is 14.8 Å². The monoisotopic (exact) mass is 449 g/mol. The van der Waals surface area contributed by atoms with Gasteiger partial charge in [-0.2, -0.15) is 5.10 Å². The third kappa shape index (κ3) is 4.84. The number of hydrogen-bond acceptors (Lipinski definition) is 6. The van der Waals surface area contributed by atoms with E-state index < -0.39 is 24.0 Å². The van der Waals surface area contributed by atoms with E-state index in [-0.39, 0.29) is 13.2 Å². The lowest BCUT2D eigenvalue weighted by molar-refractivity contribution is -0.149. The van der Waals surface area contributed by atoms with Crippen LogP contribution in [0, 0.1) is 13.8 Å². The second kappa shape index (κ2) is 9.77. The van der Waals surface area contributed by atoms with Crippen molar-refractivity contribution in [3.63, 3.8) is 0 Å². The molecule has 0 bridgehead atoms. The van der Waals surface area contributed by atoms with Crippen LogP contribution in [0.4, 0.5) is 0 Å². The molecule has 8 nitrogen and oxygen atoms in total. The number of rotatable bonds is 7. The van der Waals surface area contributed by atoms with Gasteiger partial charge in [0.05, 0.1) is 18.8 Å². The van der Waals surface area contributed by atoms with Gasteiger partial charge in [0, 0.05) is 11.3 Å². The highest BCUT2D eigenvalue weighted by atomic mass is 16.6. The maximum absolute atomic E-state index is 13.1. The molecule has 33 heavy (non-hydrogen) atoms. The fraction of sp³-hybridized carbons (Fsp3) is 0.320. The molecule has 0 aliphatic carbocycles. The summed E-state index contributed by atoms with van der Waals surface area (Å²) in [5, 5.41) is 7.43. The SMILES string of the molecule is CCOC(=O)[C@@H](NC(=O)[C@H]1COc2ccccc2O1)c1c(C)nn(Cc2ccccc2)c1C. The summed E-state index contributed by atoms with van der Waals surface area (Å²) in [5.74, 6) is 0.0580. The number of aryl methyl sites for hydroxylation is 1. The van der Waals surface area contributed by atoms with Crippen LogP contribution in [-0.2, 0) is 20.9 Å². The number of benzene rings is 2. The quantitative estimate of drug-likeness (QED) is 0.558. The van der Waals surface area contributed by atoms with Gasteiger partial charge < -0.3 is 19.5 Å². The maximum atomic E-state index is 13.1. The number of fused-ring (bicyclic) bond motifs is 1. The van der Waals surface area contributed by atoms with Gasteiger partial charge in [-0.25, -0.2) is 4.79 Å². The van der Waals surface area contributed by atoms with E-state index in [1.165, 1.54) is 0 Å². The highest BCUT2D eigenvalue weighted by Crippen LogP contribution is 2.31. The van der Waals surface area contributed by atoms with Crippen LogP contribution in [0.5, 0.6) is 11.5 Å². The summed E-state index contributed by atoms with van der Waals surface area (Å²) in [7, 11) is 0. The van der Waals surface area contributed by atoms with Crippen molar-refractivity contribution in [3.8, 4) is 11.5 Å². The van der Waals surface area contributed by atoms with Gasteiger partial charge in [0.2, 0.25) is 6.10 Å². The molecule has 1 aliphatic heterocycles. The highest BCUT2D eigenvalue weighted by Gasteiger charge is 2.34. The summed E-state index contributed by atoms with van der Waals surface area (Å²) in [6.45, 7) is 6.21. The van der Waals surface area contributed by atoms with Crippen LogP contribution in [0.15, 0.2) is 54.6 Å². The Hall–Kier alpha value is -3.81. The number of aromatic nitrogens is 2. The minimum absolute atomic E-state index is 0.0453. The lowest BCUT2D eigenvalue weighted by Gasteiger charge is -2.27. The van der Waals surface area contributed by atoms with Crippen LogP contribution >= 0.6 is 0 Å². The van der Waals surface area contributed by atoms with Crippen LogP contribution in [0.3, 0.4) is 0 Å². The zero-order valence-electron chi connectivity index (χ0n) is 18.9. The van der Waals surface area contributed by atoms with Crippen molar-refractivity contribution in [1.29, 1.82) is 0 Å². The number of ether oxygens (including phenoxy) is 3. The molecule has 0 radical (unpaired) electrons. The van der Waals surface area contributed by atoms with Crippen molar-refractivity contribution >= 4 is 11.9 Å². The average molecular weight is 450 g/mol. The Bertz CT molecular complexity index is 1140. The van der Waals surface area contributed by atoms with Crippen LogP contribution in [0.2, 0.25) is 0 Å². The van der Waals surface area contributed by atoms with E-state index in [4.69, 9.17) is 14.2 Å². The summed E-state index contributed by atoms with van der Waals surface area (Å²) in [4.78, 5) is 26.0. The number of esters is 1. The van der Waals surface area contributed by atoms with E-state index >= 15 is 0 Å². The molecule has 0 unspecified atom stereocenters. The summed E-state index contributed by atoms with van der Waals surface area (Å²) in [5.41, 5.74) is 3.13. The summed E-state index contributed by atoms with van der Waals surface area (Å²) < 4.78 is 18.6. The number of nitrogens with zero attached hydrogens (tertiary/aromatic N) is 2. The van der Waals surface area contributed by atoms with Crippen molar-refractivity contribution in [2.24, 2.45) is 0 Å². The third-order valence-corrected chi connectivity index (χ3v) is 5.51. The topological polar surface area (TPSA) is 91.7 Å². The summed E-state index contributed by atoms with van der Waals surface area (Å²) in [6, 6.07) is 16.0.